The van der Waals surface area contributed by atoms with Gasteiger partial charge in [-0.3, -0.25) is 10.1 Å². The first-order chi connectivity index (χ1) is 11.3. The molecule has 0 radical (unpaired) electrons. The molecule has 0 aliphatic heterocycles. The van der Waals surface area contributed by atoms with E-state index in [9.17, 15) is 4.79 Å². The number of ether oxygens (including phenoxy) is 2. The lowest BCUT2D eigenvalue weighted by atomic mass is 10.2. The van der Waals surface area contributed by atoms with Crippen molar-refractivity contribution in [3.63, 3.8) is 0 Å². The van der Waals surface area contributed by atoms with Crippen LogP contribution in [0.25, 0.3) is 11.0 Å². The first-order valence-electron chi connectivity index (χ1n) is 7.11. The van der Waals surface area contributed by atoms with Gasteiger partial charge in [-0.2, -0.15) is 0 Å². The molecular weight excluding hydrogens is 296 g/mol. The van der Waals surface area contributed by atoms with Crippen LogP contribution in [0.2, 0.25) is 0 Å². The molecule has 7 nitrogen and oxygen atoms in total. The monoisotopic (exact) mass is 312 g/mol. The zero-order valence-corrected chi connectivity index (χ0v) is 12.6. The number of para-hydroxylation sites is 2. The quantitative estimate of drug-likeness (QED) is 0.681. The van der Waals surface area contributed by atoms with Crippen molar-refractivity contribution in [2.45, 2.75) is 0 Å². The van der Waals surface area contributed by atoms with Gasteiger partial charge >= 0.3 is 0 Å². The van der Waals surface area contributed by atoms with Crippen molar-refractivity contribution in [1.29, 1.82) is 0 Å². The van der Waals surface area contributed by atoms with Crippen LogP contribution in [-0.2, 0) is 4.74 Å². The number of benzene rings is 1. The van der Waals surface area contributed by atoms with Crippen LogP contribution < -0.4 is 10.1 Å². The number of amides is 1. The average Bonchev–Trinajstić information content (AvgIpc) is 2.97. The number of pyridine rings is 1. The number of hydrogen-bond donors (Lipinski definition) is 2. The summed E-state index contributed by atoms with van der Waals surface area (Å²) in [5.41, 5.74) is 1.97. The summed E-state index contributed by atoms with van der Waals surface area (Å²) in [6.45, 7) is 0.736. The minimum absolute atomic E-state index is 0.262. The van der Waals surface area contributed by atoms with E-state index in [1.54, 1.807) is 25.4 Å². The lowest BCUT2D eigenvalue weighted by molar-refractivity contribution is 0.101. The number of hydrogen-bond acceptors (Lipinski definition) is 5. The number of anilines is 1. The molecule has 2 N–H and O–H groups in total. The van der Waals surface area contributed by atoms with E-state index < -0.39 is 0 Å². The number of carbonyl (C=O) groups excluding carboxylic acids is 1. The number of rotatable bonds is 6. The molecule has 0 fully saturated rings. The summed E-state index contributed by atoms with van der Waals surface area (Å²) in [6.07, 6.45) is 1.57. The zero-order chi connectivity index (χ0) is 16.1. The molecule has 2 heterocycles. The van der Waals surface area contributed by atoms with E-state index in [0.717, 1.165) is 11.0 Å². The highest BCUT2D eigenvalue weighted by Crippen LogP contribution is 2.18. The molecule has 3 rings (SSSR count). The molecule has 23 heavy (non-hydrogen) atoms. The predicted octanol–water partition coefficient (Wildman–Crippen LogP) is 2.24. The van der Waals surface area contributed by atoms with Crippen molar-refractivity contribution >= 4 is 22.9 Å². The van der Waals surface area contributed by atoms with Gasteiger partial charge in [0.25, 0.3) is 5.91 Å². The lowest BCUT2D eigenvalue weighted by Crippen LogP contribution is -2.16. The maximum absolute atomic E-state index is 12.4. The molecule has 1 amide bonds. The van der Waals surface area contributed by atoms with Crippen LogP contribution in [0.3, 0.4) is 0 Å². The van der Waals surface area contributed by atoms with Gasteiger partial charge in [-0.25, -0.2) is 9.97 Å². The zero-order valence-electron chi connectivity index (χ0n) is 12.6. The summed E-state index contributed by atoms with van der Waals surface area (Å²) in [5, 5.41) is 2.72. The van der Waals surface area contributed by atoms with Crippen LogP contribution in [-0.4, -0.2) is 41.2 Å². The standard InChI is InChI=1S/C16H16N4O3/c1-22-9-10-23-15-11(5-4-8-17-15)14(21)20-16-18-12-6-2-3-7-13(12)19-16/h2-8H,9-10H2,1H3,(H2,18,19,20,21). The maximum Gasteiger partial charge on any atom is 0.263 e. The second-order valence-electron chi connectivity index (χ2n) is 4.75. The van der Waals surface area contributed by atoms with E-state index >= 15 is 0 Å². The number of fused-ring (bicyclic) bond motifs is 1. The third kappa shape index (κ3) is 3.46. The first kappa shape index (κ1) is 15.0. The number of aromatic nitrogens is 3. The fourth-order valence-electron chi connectivity index (χ4n) is 2.09. The van der Waals surface area contributed by atoms with E-state index in [4.69, 9.17) is 9.47 Å². The Hall–Kier alpha value is -2.93. The fourth-order valence-corrected chi connectivity index (χ4v) is 2.09. The molecule has 7 heteroatoms. The predicted molar refractivity (Wildman–Crippen MR) is 85.7 cm³/mol. The first-order valence-corrected chi connectivity index (χ1v) is 7.11. The normalized spacial score (nSPS) is 10.7. The smallest absolute Gasteiger partial charge is 0.263 e. The molecule has 0 saturated carbocycles. The van der Waals surface area contributed by atoms with Crippen LogP contribution >= 0.6 is 0 Å². The Morgan fingerprint density at radius 1 is 1.22 bits per heavy atom. The third-order valence-electron chi connectivity index (χ3n) is 3.16. The Morgan fingerprint density at radius 2 is 2.09 bits per heavy atom. The van der Waals surface area contributed by atoms with E-state index in [0.29, 0.717) is 24.7 Å². The van der Waals surface area contributed by atoms with Crippen molar-refractivity contribution in [3.05, 3.63) is 48.2 Å². The number of nitrogens with zero attached hydrogens (tertiary/aromatic N) is 2. The minimum atomic E-state index is -0.343. The third-order valence-corrected chi connectivity index (χ3v) is 3.16. The Kier molecular flexibility index (Phi) is 4.49. The number of H-pyrrole nitrogens is 1. The Labute approximate surface area is 132 Å². The van der Waals surface area contributed by atoms with Gasteiger partial charge in [0.1, 0.15) is 12.2 Å². The van der Waals surface area contributed by atoms with Crippen molar-refractivity contribution in [1.82, 2.24) is 15.0 Å². The molecule has 0 aliphatic carbocycles. The molecule has 0 unspecified atom stereocenters. The largest absolute Gasteiger partial charge is 0.475 e. The molecule has 2 aromatic heterocycles. The van der Waals surface area contributed by atoms with Gasteiger partial charge in [-0.05, 0) is 24.3 Å². The van der Waals surface area contributed by atoms with Gasteiger partial charge in [0.15, 0.2) is 0 Å². The minimum Gasteiger partial charge on any atom is -0.475 e. The van der Waals surface area contributed by atoms with Gasteiger partial charge in [0, 0.05) is 13.3 Å². The van der Waals surface area contributed by atoms with E-state index in [1.807, 2.05) is 24.3 Å². The molecule has 3 aromatic rings. The van der Waals surface area contributed by atoms with Crippen molar-refractivity contribution in [3.8, 4) is 5.88 Å². The number of nitrogens with one attached hydrogen (secondary N) is 2. The van der Waals surface area contributed by atoms with Crippen LogP contribution in [0.4, 0.5) is 5.95 Å². The molecule has 0 spiro atoms. The van der Waals surface area contributed by atoms with Crippen molar-refractivity contribution in [2.75, 3.05) is 25.6 Å². The Balaban J connectivity index is 1.77. The fraction of sp³-hybridized carbons (Fsp3) is 0.188. The average molecular weight is 312 g/mol. The highest BCUT2D eigenvalue weighted by atomic mass is 16.5. The molecule has 118 valence electrons. The molecule has 1 aromatic carbocycles. The molecule has 0 atom stereocenters. The van der Waals surface area contributed by atoms with E-state index in [1.165, 1.54) is 0 Å². The van der Waals surface area contributed by atoms with Gasteiger partial charge < -0.3 is 14.5 Å². The Bertz CT molecular complexity index is 783. The van der Waals surface area contributed by atoms with Gasteiger partial charge in [0.2, 0.25) is 11.8 Å². The van der Waals surface area contributed by atoms with Crippen LogP contribution in [0.15, 0.2) is 42.6 Å². The molecule has 0 saturated heterocycles. The second kappa shape index (κ2) is 6.89. The molecule has 0 aliphatic rings. The van der Waals surface area contributed by atoms with Crippen LogP contribution in [0, 0.1) is 0 Å². The highest BCUT2D eigenvalue weighted by molar-refractivity contribution is 6.05. The summed E-state index contributed by atoms with van der Waals surface area (Å²) >= 11 is 0. The van der Waals surface area contributed by atoms with Gasteiger partial charge in [-0.15, -0.1) is 0 Å². The molecule has 0 bridgehead atoms. The van der Waals surface area contributed by atoms with Crippen LogP contribution in [0.1, 0.15) is 10.4 Å². The van der Waals surface area contributed by atoms with E-state index in [-0.39, 0.29) is 11.8 Å². The number of aromatic amines is 1. The number of carbonyl (C=O) groups is 1. The molecular formula is C16H16N4O3. The van der Waals surface area contributed by atoms with Crippen molar-refractivity contribution < 1.29 is 14.3 Å². The van der Waals surface area contributed by atoms with Gasteiger partial charge in [-0.1, -0.05) is 12.1 Å². The van der Waals surface area contributed by atoms with Crippen molar-refractivity contribution in [2.24, 2.45) is 0 Å². The van der Waals surface area contributed by atoms with Gasteiger partial charge in [0.05, 0.1) is 17.6 Å². The second-order valence-corrected chi connectivity index (χ2v) is 4.75. The summed E-state index contributed by atoms with van der Waals surface area (Å²) < 4.78 is 10.4. The lowest BCUT2D eigenvalue weighted by Gasteiger charge is -2.09. The Morgan fingerprint density at radius 3 is 2.91 bits per heavy atom. The summed E-state index contributed by atoms with van der Waals surface area (Å²) in [6, 6.07) is 10.9. The SMILES string of the molecule is COCCOc1ncccc1C(=O)Nc1nc2ccccc2[nH]1. The summed E-state index contributed by atoms with van der Waals surface area (Å²) in [7, 11) is 1.58. The number of methoxy groups -OCH3 is 1. The topological polar surface area (TPSA) is 89.1 Å². The van der Waals surface area contributed by atoms with E-state index in [2.05, 4.69) is 20.3 Å². The number of imidazole rings is 1. The van der Waals surface area contributed by atoms with Crippen LogP contribution in [0.5, 0.6) is 5.88 Å². The summed E-state index contributed by atoms with van der Waals surface area (Å²) in [4.78, 5) is 23.9. The highest BCUT2D eigenvalue weighted by Gasteiger charge is 2.15. The summed E-state index contributed by atoms with van der Waals surface area (Å²) in [5.74, 6) is 0.297. The maximum atomic E-state index is 12.4.